The Balaban J connectivity index is 2.53. The van der Waals surface area contributed by atoms with E-state index in [0.717, 1.165) is 5.56 Å². The summed E-state index contributed by atoms with van der Waals surface area (Å²) in [5.41, 5.74) is 1.90. The molecule has 0 saturated heterocycles. The lowest BCUT2D eigenvalue weighted by atomic mass is 9.97. The van der Waals surface area contributed by atoms with Crippen LogP contribution in [0.15, 0.2) is 42.5 Å². The van der Waals surface area contributed by atoms with E-state index in [1.165, 1.54) is 6.07 Å². The highest BCUT2D eigenvalue weighted by Crippen LogP contribution is 2.22. The van der Waals surface area contributed by atoms with Crippen molar-refractivity contribution in [3.63, 3.8) is 0 Å². The molecule has 2 aromatic carbocycles. The Hall–Kier alpha value is -1.64. The largest absolute Gasteiger partial charge is 0.289 e. The molecule has 0 aliphatic heterocycles. The van der Waals surface area contributed by atoms with Crippen molar-refractivity contribution in [1.82, 2.24) is 0 Å². The van der Waals surface area contributed by atoms with Crippen molar-refractivity contribution < 1.29 is 9.59 Å². The Labute approximate surface area is 121 Å². The molecule has 0 heterocycles. The first kappa shape index (κ1) is 13.8. The van der Waals surface area contributed by atoms with Gasteiger partial charge < -0.3 is 0 Å². The number of hydrogen-bond donors (Lipinski definition) is 0. The molecule has 4 heteroatoms. The summed E-state index contributed by atoms with van der Waals surface area (Å²) in [6.07, 6.45) is 0. The van der Waals surface area contributed by atoms with E-state index in [1.54, 1.807) is 43.3 Å². The van der Waals surface area contributed by atoms with E-state index in [4.69, 9.17) is 23.2 Å². The Kier molecular flexibility index (Phi) is 4.03. The second-order valence-corrected chi connectivity index (χ2v) is 4.86. The zero-order valence-electron chi connectivity index (χ0n) is 10.1. The van der Waals surface area contributed by atoms with Crippen molar-refractivity contribution in [3.8, 4) is 0 Å². The van der Waals surface area contributed by atoms with Gasteiger partial charge in [-0.2, -0.15) is 0 Å². The lowest BCUT2D eigenvalue weighted by molar-refractivity contribution is 0.103. The molecular weight excluding hydrogens is 283 g/mol. The van der Waals surface area contributed by atoms with Crippen LogP contribution in [0.4, 0.5) is 0 Å². The Morgan fingerprint density at radius 2 is 1.68 bits per heavy atom. The Bertz CT molecular complexity index is 663. The number of ketones is 1. The Morgan fingerprint density at radius 1 is 1.00 bits per heavy atom. The van der Waals surface area contributed by atoms with Crippen LogP contribution in [0.2, 0.25) is 5.02 Å². The van der Waals surface area contributed by atoms with Gasteiger partial charge >= 0.3 is 0 Å². The van der Waals surface area contributed by atoms with Crippen molar-refractivity contribution in [3.05, 3.63) is 69.7 Å². The predicted octanol–water partition coefficient (Wildman–Crippen LogP) is 4.26. The molecule has 0 unspecified atom stereocenters. The summed E-state index contributed by atoms with van der Waals surface area (Å²) in [6, 6.07) is 11.6. The van der Waals surface area contributed by atoms with Gasteiger partial charge in [-0.1, -0.05) is 29.8 Å². The molecule has 0 amide bonds. The summed E-state index contributed by atoms with van der Waals surface area (Å²) < 4.78 is 0. The molecule has 0 aromatic heterocycles. The highest BCUT2D eigenvalue weighted by molar-refractivity contribution is 6.67. The van der Waals surface area contributed by atoms with E-state index in [9.17, 15) is 9.59 Å². The molecule has 0 saturated carbocycles. The number of carbonyl (C=O) groups excluding carboxylic acids is 2. The summed E-state index contributed by atoms with van der Waals surface area (Å²) in [6.45, 7) is 1.80. The second kappa shape index (κ2) is 5.55. The minimum Gasteiger partial charge on any atom is -0.289 e. The zero-order valence-corrected chi connectivity index (χ0v) is 11.6. The van der Waals surface area contributed by atoms with Gasteiger partial charge in [0.1, 0.15) is 0 Å². The lowest BCUT2D eigenvalue weighted by Gasteiger charge is -2.07. The van der Waals surface area contributed by atoms with Crippen LogP contribution in [0, 0.1) is 6.92 Å². The maximum atomic E-state index is 12.4. The molecule has 2 aromatic rings. The van der Waals surface area contributed by atoms with Gasteiger partial charge in [0.15, 0.2) is 5.78 Å². The van der Waals surface area contributed by atoms with Crippen LogP contribution in [-0.4, -0.2) is 11.0 Å². The topological polar surface area (TPSA) is 34.1 Å². The molecule has 19 heavy (non-hydrogen) atoms. The van der Waals surface area contributed by atoms with E-state index >= 15 is 0 Å². The molecule has 0 atom stereocenters. The molecular formula is C15H10Cl2O2. The molecule has 0 aliphatic rings. The van der Waals surface area contributed by atoms with Crippen molar-refractivity contribution in [2.45, 2.75) is 6.92 Å². The quantitative estimate of drug-likeness (QED) is 0.626. The van der Waals surface area contributed by atoms with Gasteiger partial charge in [-0.05, 0) is 48.4 Å². The maximum absolute atomic E-state index is 12.4. The predicted molar refractivity (Wildman–Crippen MR) is 76.2 cm³/mol. The SMILES string of the molecule is Cc1ccc(C(=O)Cl)cc1C(=O)c1ccccc1Cl. The van der Waals surface area contributed by atoms with Crippen molar-refractivity contribution >= 4 is 34.2 Å². The first-order chi connectivity index (χ1) is 9.00. The maximum Gasteiger partial charge on any atom is 0.252 e. The average Bonchev–Trinajstić information content (AvgIpc) is 2.38. The number of rotatable bonds is 3. The highest BCUT2D eigenvalue weighted by atomic mass is 35.5. The fourth-order valence-electron chi connectivity index (χ4n) is 1.78. The van der Waals surface area contributed by atoms with Crippen LogP contribution >= 0.6 is 23.2 Å². The monoisotopic (exact) mass is 292 g/mol. The van der Waals surface area contributed by atoms with Crippen LogP contribution in [0.3, 0.4) is 0 Å². The molecule has 96 valence electrons. The van der Waals surface area contributed by atoms with Gasteiger partial charge in [-0.15, -0.1) is 0 Å². The third kappa shape index (κ3) is 2.86. The van der Waals surface area contributed by atoms with Crippen molar-refractivity contribution in [2.75, 3.05) is 0 Å². The minimum atomic E-state index is -0.590. The van der Waals surface area contributed by atoms with Crippen LogP contribution in [0.25, 0.3) is 0 Å². The summed E-state index contributed by atoms with van der Waals surface area (Å²) in [7, 11) is 0. The molecule has 0 fully saturated rings. The third-order valence-electron chi connectivity index (χ3n) is 2.83. The number of aryl methyl sites for hydroxylation is 1. The van der Waals surface area contributed by atoms with Crippen LogP contribution in [0.5, 0.6) is 0 Å². The molecule has 0 aliphatic carbocycles. The smallest absolute Gasteiger partial charge is 0.252 e. The van der Waals surface area contributed by atoms with E-state index in [1.807, 2.05) is 0 Å². The summed E-state index contributed by atoms with van der Waals surface area (Å²) in [4.78, 5) is 23.6. The van der Waals surface area contributed by atoms with Crippen LogP contribution in [0.1, 0.15) is 31.8 Å². The zero-order chi connectivity index (χ0) is 14.0. The first-order valence-electron chi connectivity index (χ1n) is 5.60. The van der Waals surface area contributed by atoms with E-state index in [2.05, 4.69) is 0 Å². The minimum absolute atomic E-state index is 0.220. The molecule has 0 radical (unpaired) electrons. The molecule has 0 N–H and O–H groups in total. The lowest BCUT2D eigenvalue weighted by Crippen LogP contribution is -2.06. The highest BCUT2D eigenvalue weighted by Gasteiger charge is 2.16. The number of hydrogen-bond acceptors (Lipinski definition) is 2. The Morgan fingerprint density at radius 3 is 2.32 bits per heavy atom. The standard InChI is InChI=1S/C15H10Cl2O2/c1-9-6-7-10(15(17)19)8-12(9)14(18)11-4-2-3-5-13(11)16/h2-8H,1H3. The van der Waals surface area contributed by atoms with Crippen molar-refractivity contribution in [1.29, 1.82) is 0 Å². The summed E-state index contributed by atoms with van der Waals surface area (Å²) >= 11 is 11.4. The second-order valence-electron chi connectivity index (χ2n) is 4.11. The van der Waals surface area contributed by atoms with E-state index in [0.29, 0.717) is 21.7 Å². The van der Waals surface area contributed by atoms with E-state index in [-0.39, 0.29) is 5.78 Å². The van der Waals surface area contributed by atoms with Gasteiger partial charge in [0, 0.05) is 16.7 Å². The number of halogens is 2. The third-order valence-corrected chi connectivity index (χ3v) is 3.38. The molecule has 0 bridgehead atoms. The average molecular weight is 293 g/mol. The number of benzene rings is 2. The first-order valence-corrected chi connectivity index (χ1v) is 6.36. The molecule has 0 spiro atoms. The summed E-state index contributed by atoms with van der Waals surface area (Å²) in [5.74, 6) is -0.220. The summed E-state index contributed by atoms with van der Waals surface area (Å²) in [5, 5.41) is -0.206. The van der Waals surface area contributed by atoms with Gasteiger partial charge in [0.25, 0.3) is 5.24 Å². The van der Waals surface area contributed by atoms with Gasteiger partial charge in [-0.3, -0.25) is 9.59 Å². The fourth-order valence-corrected chi connectivity index (χ4v) is 2.12. The van der Waals surface area contributed by atoms with Gasteiger partial charge in [0.2, 0.25) is 0 Å². The van der Waals surface area contributed by atoms with Crippen LogP contribution in [-0.2, 0) is 0 Å². The normalized spacial score (nSPS) is 10.3. The molecule has 2 rings (SSSR count). The molecule has 2 nitrogen and oxygen atoms in total. The van der Waals surface area contributed by atoms with Crippen molar-refractivity contribution in [2.24, 2.45) is 0 Å². The van der Waals surface area contributed by atoms with Gasteiger partial charge in [0.05, 0.1) is 5.02 Å². The fraction of sp³-hybridized carbons (Fsp3) is 0.0667. The van der Waals surface area contributed by atoms with E-state index < -0.39 is 5.24 Å². The van der Waals surface area contributed by atoms with Gasteiger partial charge in [-0.25, -0.2) is 0 Å². The number of carbonyl (C=O) groups is 2. The van der Waals surface area contributed by atoms with Crippen LogP contribution < -0.4 is 0 Å².